The standard InChI is InChI=1S/C13H14F3N3/c1-19-12(5-6-18-19)9-17-8-10-3-2-4-11(7-10)13(14,15)16/h2-7,17H,8-9H2,1H3. The highest BCUT2D eigenvalue weighted by Gasteiger charge is 2.30. The second kappa shape index (κ2) is 5.44. The fraction of sp³-hybridized carbons (Fsp3) is 0.308. The summed E-state index contributed by atoms with van der Waals surface area (Å²) in [6, 6.07) is 7.19. The molecular formula is C13H14F3N3. The normalized spacial score (nSPS) is 11.8. The average molecular weight is 269 g/mol. The van der Waals surface area contributed by atoms with Crippen LogP contribution in [0.25, 0.3) is 0 Å². The van der Waals surface area contributed by atoms with Crippen molar-refractivity contribution in [3.63, 3.8) is 0 Å². The van der Waals surface area contributed by atoms with Crippen LogP contribution >= 0.6 is 0 Å². The Morgan fingerprint density at radius 3 is 2.63 bits per heavy atom. The molecule has 0 unspecified atom stereocenters. The van der Waals surface area contributed by atoms with Crippen LogP contribution in [-0.4, -0.2) is 9.78 Å². The van der Waals surface area contributed by atoms with Gasteiger partial charge in [-0.05, 0) is 17.7 Å². The minimum absolute atomic E-state index is 0.384. The maximum atomic E-state index is 12.5. The van der Waals surface area contributed by atoms with E-state index in [1.165, 1.54) is 6.07 Å². The predicted octanol–water partition coefficient (Wildman–Crippen LogP) is 2.73. The molecule has 0 fully saturated rings. The van der Waals surface area contributed by atoms with Gasteiger partial charge < -0.3 is 5.32 Å². The van der Waals surface area contributed by atoms with E-state index in [-0.39, 0.29) is 0 Å². The minimum Gasteiger partial charge on any atom is -0.307 e. The summed E-state index contributed by atoms with van der Waals surface area (Å²) in [5, 5.41) is 7.11. The van der Waals surface area contributed by atoms with Crippen molar-refractivity contribution >= 4 is 0 Å². The first kappa shape index (κ1) is 13.6. The van der Waals surface area contributed by atoms with Gasteiger partial charge in [-0.2, -0.15) is 18.3 Å². The van der Waals surface area contributed by atoms with Crippen LogP contribution < -0.4 is 5.32 Å². The third-order valence-electron chi connectivity index (χ3n) is 2.81. The molecule has 0 bridgehead atoms. The van der Waals surface area contributed by atoms with Gasteiger partial charge in [0.15, 0.2) is 0 Å². The van der Waals surface area contributed by atoms with Crippen molar-refractivity contribution in [3.8, 4) is 0 Å². The fourth-order valence-electron chi connectivity index (χ4n) is 1.77. The topological polar surface area (TPSA) is 29.9 Å². The molecular weight excluding hydrogens is 255 g/mol. The summed E-state index contributed by atoms with van der Waals surface area (Å²) >= 11 is 0. The largest absolute Gasteiger partial charge is 0.416 e. The molecule has 0 spiro atoms. The molecule has 1 aromatic heterocycles. The fourth-order valence-corrected chi connectivity index (χ4v) is 1.77. The van der Waals surface area contributed by atoms with Crippen LogP contribution in [0.15, 0.2) is 36.5 Å². The summed E-state index contributed by atoms with van der Waals surface area (Å²) < 4.78 is 39.3. The molecule has 1 aromatic carbocycles. The van der Waals surface area contributed by atoms with E-state index in [1.807, 2.05) is 13.1 Å². The van der Waals surface area contributed by atoms with Gasteiger partial charge in [0.05, 0.1) is 11.3 Å². The van der Waals surface area contributed by atoms with E-state index >= 15 is 0 Å². The molecule has 2 rings (SSSR count). The number of nitrogens with zero attached hydrogens (tertiary/aromatic N) is 2. The summed E-state index contributed by atoms with van der Waals surface area (Å²) in [4.78, 5) is 0. The van der Waals surface area contributed by atoms with Gasteiger partial charge in [0.1, 0.15) is 0 Å². The maximum Gasteiger partial charge on any atom is 0.416 e. The first-order valence-electron chi connectivity index (χ1n) is 5.80. The Balaban J connectivity index is 1.95. The van der Waals surface area contributed by atoms with Gasteiger partial charge in [-0.15, -0.1) is 0 Å². The first-order chi connectivity index (χ1) is 8.97. The number of aryl methyl sites for hydroxylation is 1. The molecule has 102 valence electrons. The molecule has 6 heteroatoms. The summed E-state index contributed by atoms with van der Waals surface area (Å²) in [7, 11) is 1.82. The van der Waals surface area contributed by atoms with Crippen molar-refractivity contribution in [2.75, 3.05) is 0 Å². The van der Waals surface area contributed by atoms with E-state index in [9.17, 15) is 13.2 Å². The van der Waals surface area contributed by atoms with Gasteiger partial charge in [0.25, 0.3) is 0 Å². The zero-order valence-electron chi connectivity index (χ0n) is 10.4. The number of rotatable bonds is 4. The molecule has 2 aromatic rings. The van der Waals surface area contributed by atoms with Gasteiger partial charge in [-0.3, -0.25) is 4.68 Å². The quantitative estimate of drug-likeness (QED) is 0.925. The minimum atomic E-state index is -4.29. The molecule has 0 saturated heterocycles. The number of halogens is 3. The number of aromatic nitrogens is 2. The number of benzene rings is 1. The molecule has 0 aliphatic carbocycles. The summed E-state index contributed by atoms with van der Waals surface area (Å²) in [5.74, 6) is 0. The van der Waals surface area contributed by atoms with Crippen LogP contribution in [0, 0.1) is 0 Å². The van der Waals surface area contributed by atoms with Crippen molar-refractivity contribution in [3.05, 3.63) is 53.3 Å². The number of alkyl halides is 3. The zero-order valence-corrected chi connectivity index (χ0v) is 10.4. The Morgan fingerprint density at radius 1 is 1.21 bits per heavy atom. The van der Waals surface area contributed by atoms with Gasteiger partial charge in [0, 0.05) is 26.3 Å². The molecule has 0 radical (unpaired) electrons. The first-order valence-corrected chi connectivity index (χ1v) is 5.80. The Hall–Kier alpha value is -1.82. The molecule has 3 nitrogen and oxygen atoms in total. The highest BCUT2D eigenvalue weighted by Crippen LogP contribution is 2.29. The van der Waals surface area contributed by atoms with Crippen molar-refractivity contribution in [1.82, 2.24) is 15.1 Å². The van der Waals surface area contributed by atoms with Crippen molar-refractivity contribution in [1.29, 1.82) is 0 Å². The summed E-state index contributed by atoms with van der Waals surface area (Å²) in [6.45, 7) is 0.946. The Bertz CT molecular complexity index is 546. The molecule has 0 saturated carbocycles. The number of nitrogens with one attached hydrogen (secondary N) is 1. The second-order valence-electron chi connectivity index (χ2n) is 4.25. The molecule has 0 aliphatic heterocycles. The monoisotopic (exact) mass is 269 g/mol. The van der Waals surface area contributed by atoms with Gasteiger partial charge >= 0.3 is 6.18 Å². The van der Waals surface area contributed by atoms with Gasteiger partial charge in [-0.1, -0.05) is 18.2 Å². The second-order valence-corrected chi connectivity index (χ2v) is 4.25. The lowest BCUT2D eigenvalue weighted by molar-refractivity contribution is -0.137. The van der Waals surface area contributed by atoms with E-state index in [0.717, 1.165) is 17.8 Å². The molecule has 19 heavy (non-hydrogen) atoms. The lowest BCUT2D eigenvalue weighted by Gasteiger charge is -2.09. The lowest BCUT2D eigenvalue weighted by Crippen LogP contribution is -2.16. The highest BCUT2D eigenvalue weighted by molar-refractivity contribution is 5.25. The Morgan fingerprint density at radius 2 is 2.00 bits per heavy atom. The van der Waals surface area contributed by atoms with E-state index in [0.29, 0.717) is 18.7 Å². The van der Waals surface area contributed by atoms with E-state index in [1.54, 1.807) is 16.9 Å². The number of hydrogen-bond donors (Lipinski definition) is 1. The lowest BCUT2D eigenvalue weighted by atomic mass is 10.1. The third-order valence-corrected chi connectivity index (χ3v) is 2.81. The Labute approximate surface area is 109 Å². The van der Waals surface area contributed by atoms with Crippen LogP contribution in [0.1, 0.15) is 16.8 Å². The summed E-state index contributed by atoms with van der Waals surface area (Å²) in [6.07, 6.45) is -2.61. The van der Waals surface area contributed by atoms with E-state index < -0.39 is 11.7 Å². The van der Waals surface area contributed by atoms with Crippen molar-refractivity contribution in [2.45, 2.75) is 19.3 Å². The van der Waals surface area contributed by atoms with Crippen LogP contribution in [0.5, 0.6) is 0 Å². The van der Waals surface area contributed by atoms with Gasteiger partial charge in [-0.25, -0.2) is 0 Å². The molecule has 1 N–H and O–H groups in total. The van der Waals surface area contributed by atoms with E-state index in [2.05, 4.69) is 10.4 Å². The van der Waals surface area contributed by atoms with Crippen LogP contribution in [0.3, 0.4) is 0 Å². The number of hydrogen-bond acceptors (Lipinski definition) is 2. The van der Waals surface area contributed by atoms with Crippen LogP contribution in [-0.2, 0) is 26.3 Å². The van der Waals surface area contributed by atoms with Crippen molar-refractivity contribution in [2.24, 2.45) is 7.05 Å². The van der Waals surface area contributed by atoms with Crippen molar-refractivity contribution < 1.29 is 13.2 Å². The predicted molar refractivity (Wildman–Crippen MR) is 65.2 cm³/mol. The molecule has 0 amide bonds. The average Bonchev–Trinajstić information content (AvgIpc) is 2.75. The van der Waals surface area contributed by atoms with Crippen LogP contribution in [0.4, 0.5) is 13.2 Å². The smallest absolute Gasteiger partial charge is 0.307 e. The van der Waals surface area contributed by atoms with Crippen LogP contribution in [0.2, 0.25) is 0 Å². The SMILES string of the molecule is Cn1nccc1CNCc1cccc(C(F)(F)F)c1. The molecule has 0 atom stereocenters. The van der Waals surface area contributed by atoms with E-state index in [4.69, 9.17) is 0 Å². The molecule has 1 heterocycles. The molecule has 0 aliphatic rings. The maximum absolute atomic E-state index is 12.5. The zero-order chi connectivity index (χ0) is 13.9. The van der Waals surface area contributed by atoms with Gasteiger partial charge in [0.2, 0.25) is 0 Å². The highest BCUT2D eigenvalue weighted by atomic mass is 19.4. The summed E-state index contributed by atoms with van der Waals surface area (Å²) in [5.41, 5.74) is 0.969. The third kappa shape index (κ3) is 3.57. The Kier molecular flexibility index (Phi) is 3.90.